The van der Waals surface area contributed by atoms with Gasteiger partial charge in [-0.3, -0.25) is 4.79 Å². The number of rotatable bonds is 3. The summed E-state index contributed by atoms with van der Waals surface area (Å²) in [6, 6.07) is 4.16. The second-order valence-electron chi connectivity index (χ2n) is 7.26. The van der Waals surface area contributed by atoms with Gasteiger partial charge in [-0.15, -0.1) is 0 Å². The van der Waals surface area contributed by atoms with Gasteiger partial charge in [0, 0.05) is 26.1 Å². The fourth-order valence-corrected chi connectivity index (χ4v) is 4.24. The lowest BCUT2D eigenvalue weighted by Crippen LogP contribution is -2.22. The molecule has 0 amide bonds. The summed E-state index contributed by atoms with van der Waals surface area (Å²) in [6.45, 7) is 7.73. The Labute approximate surface area is 138 Å². The van der Waals surface area contributed by atoms with E-state index in [9.17, 15) is 9.90 Å². The van der Waals surface area contributed by atoms with Gasteiger partial charge in [-0.2, -0.15) is 0 Å². The maximum Gasteiger partial charge on any atom is 0.167 e. The second-order valence-corrected chi connectivity index (χ2v) is 7.26. The number of benzene rings is 1. The minimum absolute atomic E-state index is 0.0905. The van der Waals surface area contributed by atoms with Crippen LogP contribution in [0.25, 0.3) is 5.57 Å². The Balaban J connectivity index is 1.87. The van der Waals surface area contributed by atoms with Crippen LogP contribution in [0.4, 0.5) is 0 Å². The maximum absolute atomic E-state index is 12.7. The summed E-state index contributed by atoms with van der Waals surface area (Å²) >= 11 is 0. The van der Waals surface area contributed by atoms with Crippen molar-refractivity contribution in [3.05, 3.63) is 40.1 Å². The first-order chi connectivity index (χ1) is 11.0. The molecular weight excluding hydrogens is 288 g/mol. The summed E-state index contributed by atoms with van der Waals surface area (Å²) < 4.78 is 5.43. The molecule has 1 aliphatic carbocycles. The van der Waals surface area contributed by atoms with Gasteiger partial charge in [-0.25, -0.2) is 0 Å². The number of ketones is 1. The van der Waals surface area contributed by atoms with Crippen LogP contribution >= 0.6 is 0 Å². The number of aryl methyl sites for hydroxylation is 3. The van der Waals surface area contributed by atoms with Crippen LogP contribution in [0.5, 0.6) is 0 Å². The molecule has 0 bridgehead atoms. The van der Waals surface area contributed by atoms with Crippen LogP contribution in [-0.4, -0.2) is 24.1 Å². The molecule has 1 aromatic carbocycles. The van der Waals surface area contributed by atoms with E-state index in [1.807, 2.05) is 13.8 Å². The second kappa shape index (κ2) is 6.48. The van der Waals surface area contributed by atoms with Crippen LogP contribution in [0.3, 0.4) is 0 Å². The first-order valence-corrected chi connectivity index (χ1v) is 8.57. The molecule has 2 atom stereocenters. The number of Topliss-reactive ketones (excluding diaryl/α,β-unsaturated/α-hetero) is 1. The molecule has 0 spiro atoms. The predicted molar refractivity (Wildman–Crippen MR) is 91.5 cm³/mol. The fraction of sp³-hybridized carbons (Fsp3) is 0.550. The van der Waals surface area contributed by atoms with E-state index in [0.29, 0.717) is 24.3 Å². The Hall–Kier alpha value is -1.61. The zero-order chi connectivity index (χ0) is 16.6. The van der Waals surface area contributed by atoms with Gasteiger partial charge >= 0.3 is 0 Å². The van der Waals surface area contributed by atoms with Gasteiger partial charge in [0.25, 0.3) is 0 Å². The van der Waals surface area contributed by atoms with Crippen LogP contribution < -0.4 is 0 Å². The highest BCUT2D eigenvalue weighted by Gasteiger charge is 2.32. The third-order valence-electron chi connectivity index (χ3n) is 5.14. The number of hydrogen-bond donors (Lipinski definition) is 1. The van der Waals surface area contributed by atoms with E-state index >= 15 is 0 Å². The number of aliphatic hydroxyl groups is 1. The first kappa shape index (κ1) is 16.3. The molecule has 0 aromatic heterocycles. The molecule has 2 aliphatic rings. The zero-order valence-electron chi connectivity index (χ0n) is 14.3. The normalized spacial score (nSPS) is 25.3. The number of ether oxygens (including phenoxy) is 1. The molecule has 1 heterocycles. The highest BCUT2D eigenvalue weighted by atomic mass is 16.5. The molecule has 3 nitrogen and oxygen atoms in total. The Kier molecular flexibility index (Phi) is 4.58. The largest absolute Gasteiger partial charge is 0.512 e. The summed E-state index contributed by atoms with van der Waals surface area (Å²) in [5.41, 5.74) is 4.81. The molecule has 3 heteroatoms. The maximum atomic E-state index is 12.7. The predicted octanol–water partition coefficient (Wildman–Crippen LogP) is 4.29. The van der Waals surface area contributed by atoms with E-state index in [1.165, 1.54) is 5.56 Å². The SMILES string of the molecule is Cc1cc(C)c(C2=C(O)CC(CC3CCOC3)CC2=O)c(C)c1. The molecule has 2 unspecified atom stereocenters. The minimum atomic E-state index is 0.0905. The third kappa shape index (κ3) is 3.35. The number of allylic oxidation sites excluding steroid dienone is 2. The van der Waals surface area contributed by atoms with Crippen molar-refractivity contribution in [3.8, 4) is 0 Å². The first-order valence-electron chi connectivity index (χ1n) is 8.57. The van der Waals surface area contributed by atoms with Crippen LogP contribution in [0, 0.1) is 32.6 Å². The molecule has 3 rings (SSSR count). The van der Waals surface area contributed by atoms with Crippen molar-refractivity contribution in [2.24, 2.45) is 11.8 Å². The average molecular weight is 314 g/mol. The van der Waals surface area contributed by atoms with Crippen LogP contribution in [-0.2, 0) is 9.53 Å². The monoisotopic (exact) mass is 314 g/mol. The molecule has 1 aromatic rings. The Morgan fingerprint density at radius 1 is 1.13 bits per heavy atom. The average Bonchev–Trinajstić information content (AvgIpc) is 2.93. The zero-order valence-corrected chi connectivity index (χ0v) is 14.3. The summed E-state index contributed by atoms with van der Waals surface area (Å²) in [5, 5.41) is 10.6. The molecular formula is C20H26O3. The molecule has 124 valence electrons. The Morgan fingerprint density at radius 2 is 1.83 bits per heavy atom. The Morgan fingerprint density at radius 3 is 2.39 bits per heavy atom. The summed E-state index contributed by atoms with van der Waals surface area (Å²) in [4.78, 5) is 12.7. The smallest absolute Gasteiger partial charge is 0.167 e. The van der Waals surface area contributed by atoms with Crippen molar-refractivity contribution < 1.29 is 14.6 Å². The molecule has 1 N–H and O–H groups in total. The topological polar surface area (TPSA) is 46.5 Å². The number of carbonyl (C=O) groups excluding carboxylic acids is 1. The number of carbonyl (C=O) groups is 1. The van der Waals surface area contributed by atoms with Crippen molar-refractivity contribution in [1.29, 1.82) is 0 Å². The lowest BCUT2D eigenvalue weighted by atomic mass is 9.78. The molecule has 1 aliphatic heterocycles. The van der Waals surface area contributed by atoms with Crippen molar-refractivity contribution in [1.82, 2.24) is 0 Å². The van der Waals surface area contributed by atoms with Crippen molar-refractivity contribution in [2.45, 2.75) is 46.5 Å². The van der Waals surface area contributed by atoms with Gasteiger partial charge in [-0.1, -0.05) is 17.7 Å². The van der Waals surface area contributed by atoms with E-state index in [1.54, 1.807) is 0 Å². The minimum Gasteiger partial charge on any atom is -0.512 e. The molecule has 0 saturated carbocycles. The summed E-state index contributed by atoms with van der Waals surface area (Å²) in [5.74, 6) is 1.17. The number of hydrogen-bond acceptors (Lipinski definition) is 3. The summed E-state index contributed by atoms with van der Waals surface area (Å²) in [6.07, 6.45) is 3.22. The highest BCUT2D eigenvalue weighted by Crippen LogP contribution is 2.38. The van der Waals surface area contributed by atoms with Gasteiger partial charge in [0.1, 0.15) is 5.76 Å². The van der Waals surface area contributed by atoms with Crippen LogP contribution in [0.1, 0.15) is 47.9 Å². The van der Waals surface area contributed by atoms with Gasteiger partial charge < -0.3 is 9.84 Å². The van der Waals surface area contributed by atoms with Gasteiger partial charge in [0.2, 0.25) is 0 Å². The van der Waals surface area contributed by atoms with Crippen molar-refractivity contribution >= 4 is 11.4 Å². The molecule has 0 radical (unpaired) electrons. The van der Waals surface area contributed by atoms with E-state index in [2.05, 4.69) is 19.1 Å². The third-order valence-corrected chi connectivity index (χ3v) is 5.14. The standard InChI is InChI=1S/C20H26O3/c1-12-6-13(2)19(14(3)7-12)20-17(21)9-16(10-18(20)22)8-15-4-5-23-11-15/h6-7,15-16,21H,4-5,8-11H2,1-3H3. The van der Waals surface area contributed by atoms with Gasteiger partial charge in [0.05, 0.1) is 5.57 Å². The number of aliphatic hydroxyl groups excluding tert-OH is 1. The van der Waals surface area contributed by atoms with Crippen molar-refractivity contribution in [2.75, 3.05) is 13.2 Å². The van der Waals surface area contributed by atoms with E-state index < -0.39 is 0 Å². The molecule has 1 fully saturated rings. The lowest BCUT2D eigenvalue weighted by molar-refractivity contribution is -0.115. The molecule has 1 saturated heterocycles. The van der Waals surface area contributed by atoms with Gasteiger partial charge in [-0.05, 0) is 62.1 Å². The van der Waals surface area contributed by atoms with E-state index in [0.717, 1.165) is 42.7 Å². The fourth-order valence-electron chi connectivity index (χ4n) is 4.24. The van der Waals surface area contributed by atoms with Gasteiger partial charge in [0.15, 0.2) is 5.78 Å². The molecule has 23 heavy (non-hydrogen) atoms. The van der Waals surface area contributed by atoms with Crippen LogP contribution in [0.15, 0.2) is 17.9 Å². The summed E-state index contributed by atoms with van der Waals surface area (Å²) in [7, 11) is 0. The van der Waals surface area contributed by atoms with E-state index in [-0.39, 0.29) is 17.5 Å². The van der Waals surface area contributed by atoms with Crippen molar-refractivity contribution in [3.63, 3.8) is 0 Å². The quantitative estimate of drug-likeness (QED) is 0.905. The van der Waals surface area contributed by atoms with Crippen LogP contribution in [0.2, 0.25) is 0 Å². The van der Waals surface area contributed by atoms with E-state index in [4.69, 9.17) is 4.74 Å². The lowest BCUT2D eigenvalue weighted by Gasteiger charge is -2.26. The Bertz CT molecular complexity index is 628. The highest BCUT2D eigenvalue weighted by molar-refractivity contribution is 6.22.